The highest BCUT2D eigenvalue weighted by Crippen LogP contribution is 2.26. The van der Waals surface area contributed by atoms with E-state index in [0.29, 0.717) is 11.3 Å². The summed E-state index contributed by atoms with van der Waals surface area (Å²) >= 11 is 0. The average Bonchev–Trinajstić information content (AvgIpc) is 3.10. The van der Waals surface area contributed by atoms with E-state index < -0.39 is 0 Å². The Balaban J connectivity index is 1.22. The first-order chi connectivity index (χ1) is 23.1. The summed E-state index contributed by atoms with van der Waals surface area (Å²) in [6.07, 6.45) is 27.1. The smallest absolute Gasteiger partial charge is 0.343 e. The molecule has 0 heterocycles. The van der Waals surface area contributed by atoms with Gasteiger partial charge in [0.05, 0.1) is 11.7 Å². The number of carbonyl (C=O) groups is 1. The van der Waals surface area contributed by atoms with Gasteiger partial charge in [-0.3, -0.25) is 0 Å². The Bertz CT molecular complexity index is 1210. The molecule has 3 heteroatoms. The lowest BCUT2D eigenvalue weighted by atomic mass is 10.0. The van der Waals surface area contributed by atoms with Gasteiger partial charge in [-0.15, -0.1) is 0 Å². The molecule has 3 aromatic carbocycles. The van der Waals surface area contributed by atoms with Gasteiger partial charge in [-0.05, 0) is 60.2 Å². The zero-order chi connectivity index (χ0) is 33.4. The molecule has 3 rings (SSSR count). The molecule has 1 atom stereocenters. The molecular weight excluding hydrogens is 576 g/mol. The second-order valence-electron chi connectivity index (χ2n) is 13.5. The van der Waals surface area contributed by atoms with E-state index in [-0.39, 0.29) is 12.1 Å². The fraction of sp³-hybridized carbons (Fsp3) is 0.568. The quantitative estimate of drug-likeness (QED) is 0.0497. The minimum absolute atomic E-state index is 0.0857. The number of hydrogen-bond donors (Lipinski definition) is 0. The summed E-state index contributed by atoms with van der Waals surface area (Å²) in [5.74, 6) is 0.326. The highest BCUT2D eigenvalue weighted by Gasteiger charge is 2.12. The van der Waals surface area contributed by atoms with Crippen molar-refractivity contribution in [3.05, 3.63) is 89.5 Å². The lowest BCUT2D eigenvalue weighted by Crippen LogP contribution is -2.09. The van der Waals surface area contributed by atoms with Crippen molar-refractivity contribution in [2.45, 2.75) is 155 Å². The van der Waals surface area contributed by atoms with Crippen LogP contribution in [0.3, 0.4) is 0 Å². The summed E-state index contributed by atoms with van der Waals surface area (Å²) < 4.78 is 11.9. The number of benzene rings is 3. The minimum atomic E-state index is -0.323. The van der Waals surface area contributed by atoms with E-state index in [1.54, 1.807) is 0 Å². The van der Waals surface area contributed by atoms with E-state index in [1.165, 1.54) is 115 Å². The number of hydrogen-bond acceptors (Lipinski definition) is 3. The third kappa shape index (κ3) is 15.7. The topological polar surface area (TPSA) is 35.5 Å². The Morgan fingerprint density at radius 3 is 1.53 bits per heavy atom. The Kier molecular flexibility index (Phi) is 19.9. The van der Waals surface area contributed by atoms with Crippen molar-refractivity contribution in [1.29, 1.82) is 0 Å². The Morgan fingerprint density at radius 2 is 1.02 bits per heavy atom. The summed E-state index contributed by atoms with van der Waals surface area (Å²) in [4.78, 5) is 12.8. The van der Waals surface area contributed by atoms with Gasteiger partial charge in [0.2, 0.25) is 0 Å². The standard InChI is InChI=1S/C44H64O3/c1-4-6-7-8-9-10-11-12-13-14-15-16-17-18-19-20-21-24-36-46-37(3)38-28-30-39(31-29-38)40-32-34-42(35-33-40)44(45)47-43-27-23-22-26-41(43)25-5-2/h22-23,26-35,37H,4-21,24-25,36H2,1-3H3. The van der Waals surface area contributed by atoms with Crippen molar-refractivity contribution in [2.24, 2.45) is 0 Å². The molecule has 0 aromatic heterocycles. The Hall–Kier alpha value is -2.91. The summed E-state index contributed by atoms with van der Waals surface area (Å²) in [5.41, 5.74) is 5.01. The van der Waals surface area contributed by atoms with Crippen LogP contribution in [-0.2, 0) is 11.2 Å². The van der Waals surface area contributed by atoms with E-state index >= 15 is 0 Å². The Morgan fingerprint density at radius 1 is 0.553 bits per heavy atom. The predicted octanol–water partition coefficient (Wildman–Crippen LogP) is 13.6. The maximum absolute atomic E-state index is 12.8. The van der Waals surface area contributed by atoms with Gasteiger partial charge in [0.15, 0.2) is 0 Å². The van der Waals surface area contributed by atoms with Crippen LogP contribution in [0.25, 0.3) is 11.1 Å². The van der Waals surface area contributed by atoms with E-state index in [9.17, 15) is 4.79 Å². The van der Waals surface area contributed by atoms with Gasteiger partial charge >= 0.3 is 5.97 Å². The molecule has 0 saturated heterocycles. The molecule has 0 radical (unpaired) electrons. The first-order valence-electron chi connectivity index (χ1n) is 19.2. The molecule has 0 aliphatic carbocycles. The van der Waals surface area contributed by atoms with Gasteiger partial charge in [0.1, 0.15) is 5.75 Å². The maximum Gasteiger partial charge on any atom is 0.343 e. The van der Waals surface area contributed by atoms with E-state index in [4.69, 9.17) is 9.47 Å². The average molecular weight is 641 g/mol. The summed E-state index contributed by atoms with van der Waals surface area (Å²) in [5, 5.41) is 0. The molecule has 47 heavy (non-hydrogen) atoms. The molecule has 0 fully saturated rings. The van der Waals surface area contributed by atoms with Crippen molar-refractivity contribution in [1.82, 2.24) is 0 Å². The van der Waals surface area contributed by atoms with Crippen LogP contribution in [0, 0.1) is 0 Å². The monoisotopic (exact) mass is 640 g/mol. The molecule has 0 N–H and O–H groups in total. The van der Waals surface area contributed by atoms with Crippen molar-refractivity contribution >= 4 is 5.97 Å². The van der Waals surface area contributed by atoms with Crippen LogP contribution in [0.1, 0.15) is 170 Å². The normalized spacial score (nSPS) is 11.9. The minimum Gasteiger partial charge on any atom is -0.423 e. The van der Waals surface area contributed by atoms with Gasteiger partial charge in [-0.2, -0.15) is 0 Å². The van der Waals surface area contributed by atoms with Crippen LogP contribution in [0.2, 0.25) is 0 Å². The molecule has 0 amide bonds. The van der Waals surface area contributed by atoms with Gasteiger partial charge < -0.3 is 9.47 Å². The molecular formula is C44H64O3. The van der Waals surface area contributed by atoms with Crippen LogP contribution in [0.4, 0.5) is 0 Å². The maximum atomic E-state index is 12.8. The second-order valence-corrected chi connectivity index (χ2v) is 13.5. The predicted molar refractivity (Wildman–Crippen MR) is 200 cm³/mol. The van der Waals surface area contributed by atoms with Gasteiger partial charge in [0.25, 0.3) is 0 Å². The SMILES string of the molecule is CCCCCCCCCCCCCCCCCCCCOC(C)c1ccc(-c2ccc(C(=O)Oc3ccccc3CCC)cc2)cc1. The fourth-order valence-electron chi connectivity index (χ4n) is 6.34. The molecule has 3 aromatic rings. The van der Waals surface area contributed by atoms with Crippen LogP contribution in [0.15, 0.2) is 72.8 Å². The molecule has 3 nitrogen and oxygen atoms in total. The van der Waals surface area contributed by atoms with Crippen molar-refractivity contribution < 1.29 is 14.3 Å². The zero-order valence-electron chi connectivity index (χ0n) is 30.1. The molecule has 0 spiro atoms. The van der Waals surface area contributed by atoms with Gasteiger partial charge in [-0.25, -0.2) is 4.79 Å². The lowest BCUT2D eigenvalue weighted by Gasteiger charge is -2.14. The number of aryl methyl sites for hydroxylation is 1. The summed E-state index contributed by atoms with van der Waals surface area (Å²) in [7, 11) is 0. The van der Waals surface area contributed by atoms with Crippen LogP contribution in [-0.4, -0.2) is 12.6 Å². The first kappa shape index (κ1) is 38.5. The zero-order valence-corrected chi connectivity index (χ0v) is 30.1. The highest BCUT2D eigenvalue weighted by molar-refractivity contribution is 5.91. The van der Waals surface area contributed by atoms with Crippen molar-refractivity contribution in [2.75, 3.05) is 6.61 Å². The highest BCUT2D eigenvalue weighted by atomic mass is 16.5. The van der Waals surface area contributed by atoms with Gasteiger partial charge in [-0.1, -0.05) is 184 Å². The van der Waals surface area contributed by atoms with Crippen LogP contribution < -0.4 is 4.74 Å². The number of para-hydroxylation sites is 1. The third-order valence-electron chi connectivity index (χ3n) is 9.39. The Labute approximate surface area is 287 Å². The molecule has 0 bridgehead atoms. The summed E-state index contributed by atoms with van der Waals surface area (Å²) in [6, 6.07) is 24.0. The van der Waals surface area contributed by atoms with E-state index in [0.717, 1.165) is 42.6 Å². The van der Waals surface area contributed by atoms with Crippen molar-refractivity contribution in [3.8, 4) is 16.9 Å². The van der Waals surface area contributed by atoms with Crippen LogP contribution in [0.5, 0.6) is 5.75 Å². The fourth-order valence-corrected chi connectivity index (χ4v) is 6.34. The van der Waals surface area contributed by atoms with Crippen LogP contribution >= 0.6 is 0 Å². The number of esters is 1. The third-order valence-corrected chi connectivity index (χ3v) is 9.39. The number of rotatable bonds is 26. The molecule has 0 saturated carbocycles. The van der Waals surface area contributed by atoms with E-state index in [2.05, 4.69) is 45.0 Å². The van der Waals surface area contributed by atoms with Crippen molar-refractivity contribution in [3.63, 3.8) is 0 Å². The molecule has 0 aliphatic rings. The molecule has 0 aliphatic heterocycles. The van der Waals surface area contributed by atoms with Gasteiger partial charge in [0, 0.05) is 6.61 Å². The number of carbonyl (C=O) groups excluding carboxylic acids is 1. The number of ether oxygens (including phenoxy) is 2. The lowest BCUT2D eigenvalue weighted by molar-refractivity contribution is 0.0627. The largest absolute Gasteiger partial charge is 0.423 e. The number of unbranched alkanes of at least 4 members (excludes halogenated alkanes) is 17. The first-order valence-corrected chi connectivity index (χ1v) is 19.2. The second kappa shape index (κ2) is 24.3. The van der Waals surface area contributed by atoms with E-state index in [1.807, 2.05) is 48.5 Å². The molecule has 1 unspecified atom stereocenters. The molecule has 258 valence electrons. The summed E-state index contributed by atoms with van der Waals surface area (Å²) in [6.45, 7) is 7.38.